The molecule has 0 heterocycles. The van der Waals surface area contributed by atoms with Crippen LogP contribution in [0.25, 0.3) is 0 Å². The average molecular weight is 355 g/mol. The molecular formula is C19H11F2NO4. The van der Waals surface area contributed by atoms with Crippen molar-refractivity contribution in [3.05, 3.63) is 99.6 Å². The molecule has 0 N–H and O–H groups in total. The van der Waals surface area contributed by atoms with E-state index in [4.69, 9.17) is 4.74 Å². The Kier molecular flexibility index (Phi) is 4.70. The van der Waals surface area contributed by atoms with Crippen molar-refractivity contribution in [2.45, 2.75) is 0 Å². The highest BCUT2D eigenvalue weighted by Gasteiger charge is 2.20. The minimum atomic E-state index is -1.01. The molecule has 0 aliphatic carbocycles. The Labute approximate surface area is 146 Å². The van der Waals surface area contributed by atoms with Crippen LogP contribution in [0.5, 0.6) is 11.5 Å². The maximum atomic E-state index is 13.8. The van der Waals surface area contributed by atoms with Gasteiger partial charge in [-0.2, -0.15) is 0 Å². The van der Waals surface area contributed by atoms with Gasteiger partial charge in [-0.05, 0) is 24.3 Å². The number of nitro benzene ring substituents is 1. The summed E-state index contributed by atoms with van der Waals surface area (Å²) < 4.78 is 32.0. The summed E-state index contributed by atoms with van der Waals surface area (Å²) in [5, 5.41) is 11.2. The molecule has 0 aromatic heterocycles. The van der Waals surface area contributed by atoms with Crippen molar-refractivity contribution in [3.8, 4) is 11.5 Å². The molecule has 0 fully saturated rings. The maximum Gasteiger partial charge on any atom is 0.311 e. The number of nitro groups is 1. The lowest BCUT2D eigenvalue weighted by molar-refractivity contribution is -0.385. The predicted molar refractivity (Wildman–Crippen MR) is 89.4 cm³/mol. The maximum absolute atomic E-state index is 13.8. The second-order valence-electron chi connectivity index (χ2n) is 5.31. The van der Waals surface area contributed by atoms with Crippen LogP contribution in [0.15, 0.2) is 66.7 Å². The topological polar surface area (TPSA) is 69.4 Å². The number of rotatable bonds is 5. The monoisotopic (exact) mass is 355 g/mol. The zero-order valence-electron chi connectivity index (χ0n) is 13.2. The van der Waals surface area contributed by atoms with Gasteiger partial charge in [-0.1, -0.05) is 30.3 Å². The van der Waals surface area contributed by atoms with E-state index in [0.717, 1.165) is 24.3 Å². The number of hydrogen-bond acceptors (Lipinski definition) is 4. The van der Waals surface area contributed by atoms with Crippen LogP contribution in [-0.4, -0.2) is 10.7 Å². The van der Waals surface area contributed by atoms with Gasteiger partial charge in [-0.15, -0.1) is 0 Å². The third-order valence-electron chi connectivity index (χ3n) is 3.57. The molecule has 0 amide bonds. The van der Waals surface area contributed by atoms with Crippen molar-refractivity contribution in [2.75, 3.05) is 0 Å². The van der Waals surface area contributed by atoms with Crippen LogP contribution in [0, 0.1) is 21.7 Å². The lowest BCUT2D eigenvalue weighted by atomic mass is 10.0. The molecule has 5 nitrogen and oxygen atoms in total. The molecule has 26 heavy (non-hydrogen) atoms. The van der Waals surface area contributed by atoms with Crippen molar-refractivity contribution in [3.63, 3.8) is 0 Å². The Hall–Kier alpha value is -3.61. The van der Waals surface area contributed by atoms with Gasteiger partial charge in [0.05, 0.1) is 4.92 Å². The highest BCUT2D eigenvalue weighted by molar-refractivity contribution is 6.09. The molecule has 0 spiro atoms. The minimum absolute atomic E-state index is 0.138. The highest BCUT2D eigenvalue weighted by atomic mass is 19.1. The minimum Gasteiger partial charge on any atom is -0.447 e. The molecule has 0 bridgehead atoms. The van der Waals surface area contributed by atoms with E-state index >= 15 is 0 Å². The number of hydrogen-bond donors (Lipinski definition) is 0. The number of benzene rings is 3. The summed E-state index contributed by atoms with van der Waals surface area (Å²) in [5.74, 6) is -2.90. The molecule has 0 saturated carbocycles. The van der Waals surface area contributed by atoms with E-state index in [1.807, 2.05) is 0 Å². The van der Waals surface area contributed by atoms with Crippen LogP contribution in [0.1, 0.15) is 15.9 Å². The molecule has 0 saturated heterocycles. The molecule has 3 aromatic carbocycles. The van der Waals surface area contributed by atoms with Crippen molar-refractivity contribution in [1.82, 2.24) is 0 Å². The summed E-state index contributed by atoms with van der Waals surface area (Å²) in [6, 6.07) is 14.5. The van der Waals surface area contributed by atoms with Gasteiger partial charge >= 0.3 is 5.69 Å². The third-order valence-corrected chi connectivity index (χ3v) is 3.57. The summed E-state index contributed by atoms with van der Waals surface area (Å²) in [6.45, 7) is 0. The van der Waals surface area contributed by atoms with Gasteiger partial charge in [-0.3, -0.25) is 14.9 Å². The van der Waals surface area contributed by atoms with E-state index in [9.17, 15) is 23.7 Å². The van der Waals surface area contributed by atoms with Crippen molar-refractivity contribution in [1.29, 1.82) is 0 Å². The highest BCUT2D eigenvalue weighted by Crippen LogP contribution is 2.34. The fraction of sp³-hybridized carbons (Fsp3) is 0. The van der Waals surface area contributed by atoms with Gasteiger partial charge in [-0.25, -0.2) is 8.78 Å². The molecule has 3 rings (SSSR count). The quantitative estimate of drug-likeness (QED) is 0.371. The first-order chi connectivity index (χ1) is 12.5. The molecule has 0 radical (unpaired) electrons. The first kappa shape index (κ1) is 17.2. The summed E-state index contributed by atoms with van der Waals surface area (Å²) in [6.07, 6.45) is 0. The van der Waals surface area contributed by atoms with Gasteiger partial charge in [0.2, 0.25) is 5.75 Å². The fourth-order valence-corrected chi connectivity index (χ4v) is 2.32. The summed E-state index contributed by atoms with van der Waals surface area (Å²) in [5.41, 5.74) is 0.0814. The van der Waals surface area contributed by atoms with Gasteiger partial charge in [0.25, 0.3) is 0 Å². The van der Waals surface area contributed by atoms with Gasteiger partial charge in [0.15, 0.2) is 17.3 Å². The first-order valence-electron chi connectivity index (χ1n) is 7.47. The SMILES string of the molecule is O=C(c1ccccc1)c1ccc([N+](=O)[O-])c(Oc2ccc(F)cc2F)c1. The zero-order chi connectivity index (χ0) is 18.7. The molecule has 0 aliphatic heterocycles. The molecule has 0 aliphatic rings. The fourth-order valence-electron chi connectivity index (χ4n) is 2.32. The van der Waals surface area contributed by atoms with Crippen LogP contribution in [0.3, 0.4) is 0 Å². The Bertz CT molecular complexity index is 990. The molecule has 0 unspecified atom stereocenters. The largest absolute Gasteiger partial charge is 0.447 e. The summed E-state index contributed by atoms with van der Waals surface area (Å²) in [7, 11) is 0. The van der Waals surface area contributed by atoms with Gasteiger partial charge in [0, 0.05) is 23.3 Å². The van der Waals surface area contributed by atoms with Crippen LogP contribution < -0.4 is 4.74 Å². The van der Waals surface area contributed by atoms with E-state index < -0.39 is 22.2 Å². The van der Waals surface area contributed by atoms with Crippen LogP contribution in [0.2, 0.25) is 0 Å². The Morgan fingerprint density at radius 2 is 1.62 bits per heavy atom. The number of ether oxygens (including phenoxy) is 1. The van der Waals surface area contributed by atoms with E-state index in [1.54, 1.807) is 30.3 Å². The normalized spacial score (nSPS) is 10.4. The number of halogens is 2. The Balaban J connectivity index is 2.02. The second kappa shape index (κ2) is 7.10. The molecule has 7 heteroatoms. The first-order valence-corrected chi connectivity index (χ1v) is 7.47. The lowest BCUT2D eigenvalue weighted by Gasteiger charge is -2.09. The number of carbonyl (C=O) groups is 1. The van der Waals surface area contributed by atoms with E-state index in [1.165, 1.54) is 6.07 Å². The van der Waals surface area contributed by atoms with Crippen molar-refractivity contribution in [2.24, 2.45) is 0 Å². The van der Waals surface area contributed by atoms with Gasteiger partial charge < -0.3 is 4.74 Å². The third kappa shape index (κ3) is 3.56. The van der Waals surface area contributed by atoms with E-state index in [-0.39, 0.29) is 22.8 Å². The molecule has 3 aromatic rings. The number of ketones is 1. The van der Waals surface area contributed by atoms with E-state index in [2.05, 4.69) is 0 Å². The summed E-state index contributed by atoms with van der Waals surface area (Å²) >= 11 is 0. The van der Waals surface area contributed by atoms with Crippen LogP contribution in [-0.2, 0) is 0 Å². The Morgan fingerprint density at radius 1 is 0.885 bits per heavy atom. The Morgan fingerprint density at radius 3 is 2.27 bits per heavy atom. The van der Waals surface area contributed by atoms with Crippen molar-refractivity contribution < 1.29 is 23.2 Å². The number of carbonyl (C=O) groups excluding carboxylic acids is 1. The summed E-state index contributed by atoms with van der Waals surface area (Å²) in [4.78, 5) is 23.0. The molecule has 130 valence electrons. The number of nitrogens with zero attached hydrogens (tertiary/aromatic N) is 1. The molecular weight excluding hydrogens is 344 g/mol. The van der Waals surface area contributed by atoms with Gasteiger partial charge in [0.1, 0.15) is 5.82 Å². The molecule has 0 atom stereocenters. The standard InChI is InChI=1S/C19H11F2NO4/c20-14-7-9-17(15(21)11-14)26-18-10-13(6-8-16(18)22(24)25)19(23)12-4-2-1-3-5-12/h1-11H. The van der Waals surface area contributed by atoms with Crippen LogP contribution in [0.4, 0.5) is 14.5 Å². The zero-order valence-corrected chi connectivity index (χ0v) is 13.2. The van der Waals surface area contributed by atoms with Crippen LogP contribution >= 0.6 is 0 Å². The second-order valence-corrected chi connectivity index (χ2v) is 5.31. The predicted octanol–water partition coefficient (Wildman–Crippen LogP) is 4.90. The van der Waals surface area contributed by atoms with Crippen molar-refractivity contribution >= 4 is 11.5 Å². The average Bonchev–Trinajstić information content (AvgIpc) is 2.64. The van der Waals surface area contributed by atoms with E-state index in [0.29, 0.717) is 11.6 Å². The lowest BCUT2D eigenvalue weighted by Crippen LogP contribution is -2.03. The smallest absolute Gasteiger partial charge is 0.311 e.